The summed E-state index contributed by atoms with van der Waals surface area (Å²) in [4.78, 5) is -0.0934. The van der Waals surface area contributed by atoms with Crippen LogP contribution in [0.5, 0.6) is 0 Å². The van der Waals surface area contributed by atoms with Crippen molar-refractivity contribution in [1.29, 1.82) is 0 Å². The van der Waals surface area contributed by atoms with E-state index in [1.807, 2.05) is 0 Å². The number of rotatable bonds is 4. The summed E-state index contributed by atoms with van der Waals surface area (Å²) in [5.74, 6) is -0.729. The van der Waals surface area contributed by atoms with E-state index in [2.05, 4.69) is 4.72 Å². The maximum Gasteiger partial charge on any atom is 0.262 e. The Morgan fingerprint density at radius 1 is 1.14 bits per heavy atom. The fourth-order valence-electron chi connectivity index (χ4n) is 1.64. The average Bonchev–Trinajstić information content (AvgIpc) is 2.42. The van der Waals surface area contributed by atoms with Crippen LogP contribution >= 0.6 is 23.2 Å². The van der Waals surface area contributed by atoms with E-state index in [0.29, 0.717) is 5.56 Å². The summed E-state index contributed by atoms with van der Waals surface area (Å²) in [7, 11) is -3.97. The first-order chi connectivity index (χ1) is 9.83. The van der Waals surface area contributed by atoms with Gasteiger partial charge in [-0.2, -0.15) is 0 Å². The number of nitrogens with two attached hydrogens (primary N) is 1. The van der Waals surface area contributed by atoms with Gasteiger partial charge in [0.1, 0.15) is 5.82 Å². The van der Waals surface area contributed by atoms with Crippen LogP contribution in [0.15, 0.2) is 41.3 Å². The second-order valence-corrected chi connectivity index (χ2v) is 6.71. The summed E-state index contributed by atoms with van der Waals surface area (Å²) in [6.07, 6.45) is 0. The Morgan fingerprint density at radius 2 is 1.86 bits per heavy atom. The zero-order valence-electron chi connectivity index (χ0n) is 10.6. The van der Waals surface area contributed by atoms with E-state index in [0.717, 1.165) is 6.07 Å². The van der Waals surface area contributed by atoms with E-state index >= 15 is 0 Å². The number of anilines is 1. The van der Waals surface area contributed by atoms with Gasteiger partial charge in [0, 0.05) is 16.6 Å². The molecule has 3 N–H and O–H groups in total. The van der Waals surface area contributed by atoms with Gasteiger partial charge in [0.15, 0.2) is 0 Å². The zero-order chi connectivity index (χ0) is 15.6. The highest BCUT2D eigenvalue weighted by atomic mass is 35.5. The smallest absolute Gasteiger partial charge is 0.262 e. The van der Waals surface area contributed by atoms with Crippen molar-refractivity contribution < 1.29 is 12.8 Å². The van der Waals surface area contributed by atoms with Crippen LogP contribution < -0.4 is 10.5 Å². The molecular weight excluding hydrogens is 338 g/mol. The third-order valence-corrected chi connectivity index (χ3v) is 4.68. The van der Waals surface area contributed by atoms with Crippen LogP contribution in [-0.2, 0) is 16.6 Å². The Hall–Kier alpha value is -1.34. The number of sulfonamides is 1. The molecule has 0 bridgehead atoms. The Kier molecular flexibility index (Phi) is 4.73. The molecule has 0 unspecified atom stereocenters. The van der Waals surface area contributed by atoms with Gasteiger partial charge in [-0.15, -0.1) is 0 Å². The first-order valence-corrected chi connectivity index (χ1v) is 8.04. The Labute approximate surface area is 131 Å². The number of nitrogens with one attached hydrogen (secondary N) is 1. The maximum atomic E-state index is 13.6. The fourth-order valence-corrected chi connectivity index (χ4v) is 3.22. The van der Waals surface area contributed by atoms with Crippen molar-refractivity contribution >= 4 is 38.9 Å². The van der Waals surface area contributed by atoms with Crippen molar-refractivity contribution in [3.05, 3.63) is 57.8 Å². The molecule has 0 aromatic heterocycles. The van der Waals surface area contributed by atoms with Crippen LogP contribution in [0.3, 0.4) is 0 Å². The topological polar surface area (TPSA) is 72.2 Å². The molecule has 0 spiro atoms. The van der Waals surface area contributed by atoms with Crippen LogP contribution in [-0.4, -0.2) is 8.42 Å². The zero-order valence-corrected chi connectivity index (χ0v) is 12.9. The van der Waals surface area contributed by atoms with Crippen LogP contribution in [0.4, 0.5) is 10.1 Å². The van der Waals surface area contributed by atoms with Crippen LogP contribution in [0, 0.1) is 5.82 Å². The van der Waals surface area contributed by atoms with Crippen molar-refractivity contribution in [2.45, 2.75) is 11.4 Å². The second-order valence-electron chi connectivity index (χ2n) is 4.19. The number of halogens is 3. The highest BCUT2D eigenvalue weighted by molar-refractivity contribution is 7.92. The molecule has 21 heavy (non-hydrogen) atoms. The van der Waals surface area contributed by atoms with Crippen molar-refractivity contribution in [3.8, 4) is 0 Å². The average molecular weight is 349 g/mol. The molecule has 0 aliphatic heterocycles. The predicted octanol–water partition coefficient (Wildman–Crippen LogP) is 3.39. The monoisotopic (exact) mass is 348 g/mol. The Balaban J connectivity index is 2.38. The third kappa shape index (κ3) is 3.65. The lowest BCUT2D eigenvalue weighted by molar-refractivity contribution is 0.598. The SMILES string of the molecule is NCc1ccc(S(=O)(=O)Nc2cc(Cl)ccc2F)cc1Cl. The molecule has 4 nitrogen and oxygen atoms in total. The van der Waals surface area contributed by atoms with Crippen molar-refractivity contribution in [1.82, 2.24) is 0 Å². The van der Waals surface area contributed by atoms with Crippen molar-refractivity contribution in [2.75, 3.05) is 4.72 Å². The minimum atomic E-state index is -3.97. The summed E-state index contributed by atoms with van der Waals surface area (Å²) in [6, 6.07) is 7.69. The molecule has 2 aromatic carbocycles. The number of hydrogen-bond acceptors (Lipinski definition) is 3. The van der Waals surface area contributed by atoms with E-state index in [1.165, 1.54) is 30.3 Å². The molecule has 0 saturated carbocycles. The standard InChI is InChI=1S/C13H11Cl2FN2O2S/c14-9-2-4-12(16)13(5-9)18-21(19,20)10-3-1-8(7-17)11(15)6-10/h1-6,18H,7,17H2. The molecule has 0 heterocycles. The molecule has 0 amide bonds. The largest absolute Gasteiger partial charge is 0.326 e. The summed E-state index contributed by atoms with van der Waals surface area (Å²) < 4.78 is 40.1. The second kappa shape index (κ2) is 6.19. The van der Waals surface area contributed by atoms with Crippen LogP contribution in [0.2, 0.25) is 10.0 Å². The maximum absolute atomic E-state index is 13.6. The molecule has 0 aliphatic carbocycles. The van der Waals surface area contributed by atoms with Gasteiger partial charge in [-0.05, 0) is 35.9 Å². The van der Waals surface area contributed by atoms with Crippen molar-refractivity contribution in [3.63, 3.8) is 0 Å². The first-order valence-electron chi connectivity index (χ1n) is 5.80. The molecule has 0 atom stereocenters. The lowest BCUT2D eigenvalue weighted by Crippen LogP contribution is -2.14. The minimum absolute atomic E-state index is 0.0934. The molecular formula is C13H11Cl2FN2O2S. The van der Waals surface area contributed by atoms with Gasteiger partial charge in [-0.25, -0.2) is 12.8 Å². The van der Waals surface area contributed by atoms with Gasteiger partial charge < -0.3 is 5.73 Å². The minimum Gasteiger partial charge on any atom is -0.326 e. The van der Waals surface area contributed by atoms with Gasteiger partial charge in [0.05, 0.1) is 10.6 Å². The van der Waals surface area contributed by atoms with Gasteiger partial charge in [0.2, 0.25) is 0 Å². The normalized spacial score (nSPS) is 11.4. The van der Waals surface area contributed by atoms with Gasteiger partial charge in [-0.1, -0.05) is 29.3 Å². The highest BCUT2D eigenvalue weighted by Crippen LogP contribution is 2.25. The summed E-state index contributed by atoms with van der Waals surface area (Å²) in [5, 5.41) is 0.442. The lowest BCUT2D eigenvalue weighted by Gasteiger charge is -2.10. The molecule has 8 heteroatoms. The number of benzene rings is 2. The molecule has 0 aliphatic rings. The van der Waals surface area contributed by atoms with E-state index in [9.17, 15) is 12.8 Å². The number of hydrogen-bond donors (Lipinski definition) is 2. The predicted molar refractivity (Wildman–Crippen MR) is 81.6 cm³/mol. The molecule has 0 saturated heterocycles. The molecule has 0 radical (unpaired) electrons. The first kappa shape index (κ1) is 16.0. The Bertz CT molecular complexity index is 782. The van der Waals surface area contributed by atoms with E-state index in [-0.39, 0.29) is 27.2 Å². The van der Waals surface area contributed by atoms with E-state index < -0.39 is 15.8 Å². The highest BCUT2D eigenvalue weighted by Gasteiger charge is 2.17. The van der Waals surface area contributed by atoms with Crippen LogP contribution in [0.25, 0.3) is 0 Å². The summed E-state index contributed by atoms with van der Waals surface area (Å²) in [6.45, 7) is 0.190. The van der Waals surface area contributed by atoms with E-state index in [1.54, 1.807) is 0 Å². The fraction of sp³-hybridized carbons (Fsp3) is 0.0769. The quantitative estimate of drug-likeness (QED) is 0.889. The van der Waals surface area contributed by atoms with Crippen molar-refractivity contribution in [2.24, 2.45) is 5.73 Å². The molecule has 2 rings (SSSR count). The van der Waals surface area contributed by atoms with Crippen LogP contribution in [0.1, 0.15) is 5.56 Å². The summed E-state index contributed by atoms with van der Waals surface area (Å²) >= 11 is 11.6. The molecule has 0 fully saturated rings. The van der Waals surface area contributed by atoms with Gasteiger partial charge >= 0.3 is 0 Å². The molecule has 2 aromatic rings. The van der Waals surface area contributed by atoms with E-state index in [4.69, 9.17) is 28.9 Å². The lowest BCUT2D eigenvalue weighted by atomic mass is 10.2. The molecule has 112 valence electrons. The Morgan fingerprint density at radius 3 is 2.48 bits per heavy atom. The van der Waals surface area contributed by atoms with Gasteiger partial charge in [-0.3, -0.25) is 4.72 Å². The third-order valence-electron chi connectivity index (χ3n) is 2.73. The van der Waals surface area contributed by atoms with Gasteiger partial charge in [0.25, 0.3) is 10.0 Å². The summed E-state index contributed by atoms with van der Waals surface area (Å²) in [5.41, 5.74) is 5.84.